The van der Waals surface area contributed by atoms with Crippen LogP contribution >= 0.6 is 0 Å². The number of rotatable bonds is 3. The van der Waals surface area contributed by atoms with Crippen LogP contribution in [0.1, 0.15) is 12.8 Å². The third-order valence-corrected chi connectivity index (χ3v) is 0.731. The van der Waals surface area contributed by atoms with Crippen LogP contribution in [0, 0.1) is 11.3 Å². The first-order valence-corrected chi connectivity index (χ1v) is 2.67. The fourth-order valence-electron chi connectivity index (χ4n) is 0.366. The summed E-state index contributed by atoms with van der Waals surface area (Å²) < 4.78 is 0. The maximum atomic E-state index is 8.24. The normalized spacial score (nSPS) is 9.44. The zero-order chi connectivity index (χ0) is 7.11. The third kappa shape index (κ3) is 7.21. The van der Waals surface area contributed by atoms with Gasteiger partial charge in [0.2, 0.25) is 0 Å². The van der Waals surface area contributed by atoms with Crippen LogP contribution in [0.15, 0.2) is 12.1 Å². The molecule has 3 nitrogen and oxygen atoms in total. The number of nitriles is 1. The minimum absolute atomic E-state index is 0.420. The van der Waals surface area contributed by atoms with E-state index in [9.17, 15) is 0 Å². The maximum Gasteiger partial charge on any atom is 0.480 e. The fraction of sp³-hybridized carbons (Fsp3) is 0.400. The van der Waals surface area contributed by atoms with Gasteiger partial charge in [-0.3, -0.25) is 0 Å². The second-order valence-electron chi connectivity index (χ2n) is 1.54. The van der Waals surface area contributed by atoms with Gasteiger partial charge in [0.1, 0.15) is 0 Å². The van der Waals surface area contributed by atoms with E-state index in [1.54, 1.807) is 6.08 Å². The van der Waals surface area contributed by atoms with Crippen molar-refractivity contribution in [1.29, 1.82) is 5.26 Å². The maximum absolute atomic E-state index is 8.24. The molecule has 48 valence electrons. The van der Waals surface area contributed by atoms with Crippen molar-refractivity contribution in [3.05, 3.63) is 12.1 Å². The van der Waals surface area contributed by atoms with Gasteiger partial charge in [-0.15, -0.1) is 0 Å². The molecule has 0 radical (unpaired) electrons. The van der Waals surface area contributed by atoms with Crippen LogP contribution in [-0.2, 0) is 0 Å². The molecule has 0 aromatic carbocycles. The summed E-state index contributed by atoms with van der Waals surface area (Å²) in [6.45, 7) is 0. The Bertz CT molecular complexity index is 127. The molecule has 4 heteroatoms. The smallest absolute Gasteiger partial charge is 0.424 e. The van der Waals surface area contributed by atoms with Crippen LogP contribution in [0.5, 0.6) is 0 Å². The van der Waals surface area contributed by atoms with Gasteiger partial charge in [-0.1, -0.05) is 12.1 Å². The van der Waals surface area contributed by atoms with E-state index >= 15 is 0 Å². The van der Waals surface area contributed by atoms with Gasteiger partial charge in [-0.2, -0.15) is 5.26 Å². The molecule has 0 saturated carbocycles. The highest BCUT2D eigenvalue weighted by Crippen LogP contribution is 1.87. The molecule has 0 heterocycles. The Hall–Kier alpha value is -0.785. The van der Waals surface area contributed by atoms with Crippen molar-refractivity contribution in [2.24, 2.45) is 0 Å². The van der Waals surface area contributed by atoms with Gasteiger partial charge >= 0.3 is 7.12 Å². The van der Waals surface area contributed by atoms with Crippen LogP contribution in [0.4, 0.5) is 0 Å². The topological polar surface area (TPSA) is 64.2 Å². The van der Waals surface area contributed by atoms with E-state index in [0.717, 1.165) is 0 Å². The molecule has 0 atom stereocenters. The highest BCUT2D eigenvalue weighted by Gasteiger charge is 1.95. The van der Waals surface area contributed by atoms with Gasteiger partial charge in [-0.25, -0.2) is 0 Å². The lowest BCUT2D eigenvalue weighted by Crippen LogP contribution is -2.05. The molecule has 0 aliphatic rings. The highest BCUT2D eigenvalue weighted by molar-refractivity contribution is 6.47. The molecule has 0 aromatic heterocycles. The third-order valence-electron chi connectivity index (χ3n) is 0.731. The van der Waals surface area contributed by atoms with Crippen LogP contribution in [-0.4, -0.2) is 17.2 Å². The molecular formula is C5H8BNO2. The first kappa shape index (κ1) is 8.21. The first-order chi connectivity index (χ1) is 4.27. The minimum atomic E-state index is -1.39. The lowest BCUT2D eigenvalue weighted by atomic mass is 9.91. The average Bonchev–Trinajstić information content (AvgIpc) is 1.80. The number of hydrogen-bond donors (Lipinski definition) is 2. The van der Waals surface area contributed by atoms with E-state index < -0.39 is 7.12 Å². The fourth-order valence-corrected chi connectivity index (χ4v) is 0.366. The Morgan fingerprint density at radius 2 is 2.22 bits per heavy atom. The van der Waals surface area contributed by atoms with E-state index in [0.29, 0.717) is 12.8 Å². The summed E-state index contributed by atoms with van der Waals surface area (Å²) in [6, 6.07) is 1.93. The summed E-state index contributed by atoms with van der Waals surface area (Å²) in [6.07, 6.45) is 2.56. The quantitative estimate of drug-likeness (QED) is 0.407. The number of allylic oxidation sites excluding steroid dienone is 1. The number of nitrogens with zero attached hydrogens (tertiary/aromatic N) is 1. The molecule has 9 heavy (non-hydrogen) atoms. The SMILES string of the molecule is N#CCC/C=C\B(O)O. The molecule has 0 spiro atoms. The summed E-state index contributed by atoms with van der Waals surface area (Å²) >= 11 is 0. The van der Waals surface area contributed by atoms with Crippen LogP contribution in [0.25, 0.3) is 0 Å². The number of hydrogen-bond acceptors (Lipinski definition) is 3. The molecule has 0 aliphatic carbocycles. The van der Waals surface area contributed by atoms with Gasteiger partial charge in [0, 0.05) is 6.42 Å². The Morgan fingerprint density at radius 3 is 2.67 bits per heavy atom. The molecule has 0 fully saturated rings. The van der Waals surface area contributed by atoms with E-state index in [2.05, 4.69) is 0 Å². The van der Waals surface area contributed by atoms with Gasteiger partial charge in [0.05, 0.1) is 6.07 Å². The lowest BCUT2D eigenvalue weighted by molar-refractivity contribution is 0.424. The Kier molecular flexibility index (Phi) is 4.89. The molecule has 0 aromatic rings. The minimum Gasteiger partial charge on any atom is -0.424 e. The van der Waals surface area contributed by atoms with Gasteiger partial charge in [0.25, 0.3) is 0 Å². The molecule has 0 unspecified atom stereocenters. The molecule has 0 amide bonds. The average molecular weight is 125 g/mol. The van der Waals surface area contributed by atoms with Gasteiger partial charge in [-0.05, 0) is 6.42 Å². The van der Waals surface area contributed by atoms with Crippen molar-refractivity contribution in [2.45, 2.75) is 12.8 Å². The second-order valence-corrected chi connectivity index (χ2v) is 1.54. The zero-order valence-corrected chi connectivity index (χ0v) is 4.99. The molecule has 2 N–H and O–H groups in total. The van der Waals surface area contributed by atoms with Gasteiger partial charge < -0.3 is 10.0 Å². The van der Waals surface area contributed by atoms with Gasteiger partial charge in [0.15, 0.2) is 0 Å². The standard InChI is InChI=1S/C5H8BNO2/c7-5-3-1-2-4-6(8)9/h2,4,8-9H,1,3H2/b4-2-. The van der Waals surface area contributed by atoms with E-state index in [-0.39, 0.29) is 0 Å². The first-order valence-electron chi connectivity index (χ1n) is 2.67. The summed E-state index contributed by atoms with van der Waals surface area (Å²) in [5.74, 6) is 1.23. The Balaban J connectivity index is 3.17. The van der Waals surface area contributed by atoms with Crippen LogP contribution in [0.3, 0.4) is 0 Å². The van der Waals surface area contributed by atoms with Crippen LogP contribution in [0.2, 0.25) is 0 Å². The molecule has 0 saturated heterocycles. The van der Waals surface area contributed by atoms with Crippen molar-refractivity contribution in [3.8, 4) is 6.07 Å². The molecule has 0 aliphatic heterocycles. The summed E-state index contributed by atoms with van der Waals surface area (Å²) in [5.41, 5.74) is 0. The summed E-state index contributed by atoms with van der Waals surface area (Å²) in [7, 11) is -1.39. The highest BCUT2D eigenvalue weighted by atomic mass is 16.4. The predicted molar refractivity (Wildman–Crippen MR) is 34.2 cm³/mol. The molecule has 0 rings (SSSR count). The van der Waals surface area contributed by atoms with Crippen molar-refractivity contribution in [1.82, 2.24) is 0 Å². The summed E-state index contributed by atoms with van der Waals surface area (Å²) in [5, 5.41) is 24.5. The van der Waals surface area contributed by atoms with Crippen molar-refractivity contribution in [2.75, 3.05) is 0 Å². The van der Waals surface area contributed by atoms with Crippen LogP contribution < -0.4 is 0 Å². The van der Waals surface area contributed by atoms with E-state index in [1.165, 1.54) is 5.98 Å². The van der Waals surface area contributed by atoms with Crippen molar-refractivity contribution < 1.29 is 10.0 Å². The van der Waals surface area contributed by atoms with Crippen molar-refractivity contribution in [3.63, 3.8) is 0 Å². The zero-order valence-electron chi connectivity index (χ0n) is 4.99. The Morgan fingerprint density at radius 1 is 1.56 bits per heavy atom. The monoisotopic (exact) mass is 125 g/mol. The van der Waals surface area contributed by atoms with E-state index in [1.807, 2.05) is 6.07 Å². The predicted octanol–water partition coefficient (Wildman–Crippen LogP) is -0.142. The molecule has 0 bridgehead atoms. The van der Waals surface area contributed by atoms with Crippen molar-refractivity contribution >= 4 is 7.12 Å². The molecular weight excluding hydrogens is 117 g/mol. The lowest BCUT2D eigenvalue weighted by Gasteiger charge is -1.83. The Labute approximate surface area is 54.4 Å². The summed E-state index contributed by atoms with van der Waals surface area (Å²) in [4.78, 5) is 0. The largest absolute Gasteiger partial charge is 0.480 e. The number of unbranched alkanes of at least 4 members (excludes halogenated alkanes) is 1. The van der Waals surface area contributed by atoms with E-state index in [4.69, 9.17) is 15.3 Å². The second kappa shape index (κ2) is 5.35.